The SMILES string of the molecule is COc1ccc(N(C(=O)c2ccccc2OC)C2CCN(Cc3ccc(Cl)cc3)CC2)cc1OC. The Bertz CT molecular complexity index is 1140. The van der Waals surface area contributed by atoms with Gasteiger partial charge in [-0.25, -0.2) is 0 Å². The largest absolute Gasteiger partial charge is 0.496 e. The van der Waals surface area contributed by atoms with Gasteiger partial charge in [-0.05, 0) is 54.8 Å². The lowest BCUT2D eigenvalue weighted by Crippen LogP contribution is -2.47. The van der Waals surface area contributed by atoms with Crippen molar-refractivity contribution in [2.45, 2.75) is 25.4 Å². The Morgan fingerprint density at radius 3 is 2.20 bits per heavy atom. The molecule has 1 fully saturated rings. The van der Waals surface area contributed by atoms with Crippen LogP contribution in [0.15, 0.2) is 66.7 Å². The number of hydrogen-bond donors (Lipinski definition) is 0. The van der Waals surface area contributed by atoms with Crippen molar-refractivity contribution in [2.75, 3.05) is 39.3 Å². The van der Waals surface area contributed by atoms with Crippen LogP contribution in [0, 0.1) is 0 Å². The number of hydrogen-bond acceptors (Lipinski definition) is 5. The lowest BCUT2D eigenvalue weighted by atomic mass is 9.99. The van der Waals surface area contributed by atoms with E-state index in [-0.39, 0.29) is 11.9 Å². The van der Waals surface area contributed by atoms with Crippen molar-refractivity contribution in [2.24, 2.45) is 0 Å². The Labute approximate surface area is 212 Å². The van der Waals surface area contributed by atoms with E-state index in [1.807, 2.05) is 59.5 Å². The summed E-state index contributed by atoms with van der Waals surface area (Å²) in [6.07, 6.45) is 1.70. The molecule has 7 heteroatoms. The molecule has 184 valence electrons. The Hall–Kier alpha value is -3.22. The molecule has 1 aliphatic heterocycles. The number of amides is 1. The minimum absolute atomic E-state index is 0.0342. The van der Waals surface area contributed by atoms with Gasteiger partial charge in [0.15, 0.2) is 11.5 Å². The highest BCUT2D eigenvalue weighted by atomic mass is 35.5. The van der Waals surface area contributed by atoms with Crippen LogP contribution in [0.5, 0.6) is 17.2 Å². The number of nitrogens with zero attached hydrogens (tertiary/aromatic N) is 2. The summed E-state index contributed by atoms with van der Waals surface area (Å²) in [5.41, 5.74) is 2.54. The van der Waals surface area contributed by atoms with Crippen molar-refractivity contribution in [3.8, 4) is 17.2 Å². The third-order valence-electron chi connectivity index (χ3n) is 6.44. The molecular formula is C28H31ClN2O4. The molecule has 1 amide bonds. The first-order chi connectivity index (χ1) is 17.0. The van der Waals surface area contributed by atoms with Gasteiger partial charge < -0.3 is 19.1 Å². The molecule has 4 rings (SSSR count). The summed E-state index contributed by atoms with van der Waals surface area (Å²) >= 11 is 6.03. The summed E-state index contributed by atoms with van der Waals surface area (Å²) in [7, 11) is 4.79. The molecule has 35 heavy (non-hydrogen) atoms. The van der Waals surface area contributed by atoms with Crippen LogP contribution in [0.1, 0.15) is 28.8 Å². The van der Waals surface area contributed by atoms with Crippen molar-refractivity contribution >= 4 is 23.2 Å². The van der Waals surface area contributed by atoms with Gasteiger partial charge in [-0.3, -0.25) is 9.69 Å². The predicted molar refractivity (Wildman–Crippen MR) is 139 cm³/mol. The molecule has 0 unspecified atom stereocenters. The molecule has 0 aromatic heterocycles. The van der Waals surface area contributed by atoms with Crippen molar-refractivity contribution in [3.63, 3.8) is 0 Å². The Morgan fingerprint density at radius 2 is 1.54 bits per heavy atom. The number of anilines is 1. The van der Waals surface area contributed by atoms with E-state index in [4.69, 9.17) is 25.8 Å². The monoisotopic (exact) mass is 494 g/mol. The van der Waals surface area contributed by atoms with Crippen LogP contribution in [0.3, 0.4) is 0 Å². The second-order valence-electron chi connectivity index (χ2n) is 8.55. The molecule has 1 aliphatic rings. The van der Waals surface area contributed by atoms with Gasteiger partial charge in [-0.15, -0.1) is 0 Å². The van der Waals surface area contributed by atoms with E-state index in [0.717, 1.165) is 43.2 Å². The van der Waals surface area contributed by atoms with Crippen LogP contribution < -0.4 is 19.1 Å². The van der Waals surface area contributed by atoms with E-state index < -0.39 is 0 Å². The van der Waals surface area contributed by atoms with Crippen molar-refractivity contribution in [3.05, 3.63) is 82.9 Å². The highest BCUT2D eigenvalue weighted by Gasteiger charge is 2.31. The highest BCUT2D eigenvalue weighted by Crippen LogP contribution is 2.35. The number of benzene rings is 3. The van der Waals surface area contributed by atoms with E-state index in [2.05, 4.69) is 17.0 Å². The van der Waals surface area contributed by atoms with Gasteiger partial charge in [-0.2, -0.15) is 0 Å². The molecule has 0 N–H and O–H groups in total. The molecule has 1 saturated heterocycles. The van der Waals surface area contributed by atoms with Gasteiger partial charge in [-0.1, -0.05) is 35.9 Å². The van der Waals surface area contributed by atoms with Crippen LogP contribution in [0.2, 0.25) is 5.02 Å². The lowest BCUT2D eigenvalue weighted by molar-refractivity contribution is 0.0955. The fourth-order valence-corrected chi connectivity index (χ4v) is 4.73. The van der Waals surface area contributed by atoms with Crippen molar-refractivity contribution in [1.29, 1.82) is 0 Å². The third kappa shape index (κ3) is 5.72. The number of ether oxygens (including phenoxy) is 3. The van der Waals surface area contributed by atoms with Crippen molar-refractivity contribution < 1.29 is 19.0 Å². The third-order valence-corrected chi connectivity index (χ3v) is 6.70. The van der Waals surface area contributed by atoms with Crippen LogP contribution in [-0.2, 0) is 6.54 Å². The van der Waals surface area contributed by atoms with Crippen LogP contribution in [0.4, 0.5) is 5.69 Å². The standard InChI is InChI=1S/C28H31ClN2O4/c1-33-25-7-5-4-6-24(25)28(32)31(23-12-13-26(34-2)27(18-23)35-3)22-14-16-30(17-15-22)19-20-8-10-21(29)11-9-20/h4-13,18,22H,14-17,19H2,1-3H3. The summed E-state index contributed by atoms with van der Waals surface area (Å²) in [6, 6.07) is 21.0. The minimum atomic E-state index is -0.0918. The molecule has 3 aromatic carbocycles. The Kier molecular flexibility index (Phi) is 8.16. The quantitative estimate of drug-likeness (QED) is 0.403. The fourth-order valence-electron chi connectivity index (χ4n) is 4.60. The molecule has 0 saturated carbocycles. The number of likely N-dealkylation sites (tertiary alicyclic amines) is 1. The maximum absolute atomic E-state index is 13.9. The van der Waals surface area contributed by atoms with Gasteiger partial charge in [0, 0.05) is 42.5 Å². The van der Waals surface area contributed by atoms with Crippen LogP contribution in [-0.4, -0.2) is 51.3 Å². The summed E-state index contributed by atoms with van der Waals surface area (Å²) < 4.78 is 16.4. The van der Waals surface area contributed by atoms with Gasteiger partial charge in [0.25, 0.3) is 5.91 Å². The van der Waals surface area contributed by atoms with Gasteiger partial charge in [0.05, 0.1) is 26.9 Å². The summed E-state index contributed by atoms with van der Waals surface area (Å²) in [5.74, 6) is 1.68. The number of piperidine rings is 1. The topological polar surface area (TPSA) is 51.2 Å². The number of halogens is 1. The number of carbonyl (C=O) groups is 1. The normalized spacial score (nSPS) is 14.4. The lowest BCUT2D eigenvalue weighted by Gasteiger charge is -2.39. The van der Waals surface area contributed by atoms with E-state index in [0.29, 0.717) is 22.8 Å². The summed E-state index contributed by atoms with van der Waals surface area (Å²) in [4.78, 5) is 18.2. The molecule has 0 spiro atoms. The van der Waals surface area contributed by atoms with E-state index in [1.54, 1.807) is 21.3 Å². The first kappa shape index (κ1) is 24.9. The summed E-state index contributed by atoms with van der Waals surface area (Å²) in [6.45, 7) is 2.63. The Balaban J connectivity index is 1.60. The van der Waals surface area contributed by atoms with E-state index in [1.165, 1.54) is 5.56 Å². The minimum Gasteiger partial charge on any atom is -0.496 e. The fraction of sp³-hybridized carbons (Fsp3) is 0.321. The zero-order chi connectivity index (χ0) is 24.8. The smallest absolute Gasteiger partial charge is 0.262 e. The molecule has 0 atom stereocenters. The number of methoxy groups -OCH3 is 3. The average molecular weight is 495 g/mol. The first-order valence-electron chi connectivity index (χ1n) is 11.7. The zero-order valence-electron chi connectivity index (χ0n) is 20.4. The zero-order valence-corrected chi connectivity index (χ0v) is 21.1. The van der Waals surface area contributed by atoms with E-state index >= 15 is 0 Å². The number of rotatable bonds is 8. The Morgan fingerprint density at radius 1 is 0.886 bits per heavy atom. The highest BCUT2D eigenvalue weighted by molar-refractivity contribution is 6.30. The van der Waals surface area contributed by atoms with E-state index in [9.17, 15) is 4.79 Å². The molecular weight excluding hydrogens is 464 g/mol. The maximum Gasteiger partial charge on any atom is 0.262 e. The van der Waals surface area contributed by atoms with Crippen LogP contribution >= 0.6 is 11.6 Å². The second kappa shape index (κ2) is 11.5. The van der Waals surface area contributed by atoms with Crippen molar-refractivity contribution in [1.82, 2.24) is 4.90 Å². The molecule has 1 heterocycles. The summed E-state index contributed by atoms with van der Waals surface area (Å²) in [5, 5.41) is 0.743. The van der Waals surface area contributed by atoms with Gasteiger partial charge in [0.2, 0.25) is 0 Å². The molecule has 6 nitrogen and oxygen atoms in total. The molecule has 0 radical (unpaired) electrons. The van der Waals surface area contributed by atoms with Gasteiger partial charge >= 0.3 is 0 Å². The first-order valence-corrected chi connectivity index (χ1v) is 12.1. The molecule has 0 bridgehead atoms. The maximum atomic E-state index is 13.9. The second-order valence-corrected chi connectivity index (χ2v) is 8.98. The number of para-hydroxylation sites is 1. The van der Waals surface area contributed by atoms with Crippen LogP contribution in [0.25, 0.3) is 0 Å². The van der Waals surface area contributed by atoms with Gasteiger partial charge in [0.1, 0.15) is 5.75 Å². The predicted octanol–water partition coefficient (Wildman–Crippen LogP) is 5.68. The number of carbonyl (C=O) groups excluding carboxylic acids is 1. The average Bonchev–Trinajstić information content (AvgIpc) is 2.90. The molecule has 3 aromatic rings. The molecule has 0 aliphatic carbocycles.